The zero-order valence-corrected chi connectivity index (χ0v) is 7.75. The molecule has 1 fully saturated rings. The third kappa shape index (κ3) is 1.68. The van der Waals surface area contributed by atoms with Gasteiger partial charge >= 0.3 is 0 Å². The van der Waals surface area contributed by atoms with Crippen molar-refractivity contribution in [2.75, 3.05) is 0 Å². The highest BCUT2D eigenvalue weighted by Crippen LogP contribution is 2.26. The number of nitrogens with one attached hydrogen (secondary N) is 1. The van der Waals surface area contributed by atoms with Gasteiger partial charge < -0.3 is 11.1 Å². The number of benzene rings is 1. The summed E-state index contributed by atoms with van der Waals surface area (Å²) in [6, 6.07) is 9.54. The Morgan fingerprint density at radius 1 is 1.31 bits per heavy atom. The van der Waals surface area contributed by atoms with E-state index >= 15 is 0 Å². The molecule has 4 heteroatoms. The number of β-lactam (4-membered cyclic amide) rings is 1. The van der Waals surface area contributed by atoms with E-state index in [9.17, 15) is 4.79 Å². The molecule has 1 aromatic carbocycles. The van der Waals surface area contributed by atoms with Gasteiger partial charge in [0.25, 0.3) is 0 Å². The van der Waals surface area contributed by atoms with Crippen molar-refractivity contribution in [1.82, 2.24) is 5.32 Å². The fourth-order valence-electron chi connectivity index (χ4n) is 1.12. The maximum Gasteiger partial charge on any atom is 0.240 e. The first-order valence-electron chi connectivity index (χ1n) is 4.05. The Morgan fingerprint density at radius 2 is 2.00 bits per heavy atom. The number of nitrogens with two attached hydrogens (primary N) is 1. The number of carbonyl (C=O) groups is 1. The van der Waals surface area contributed by atoms with E-state index in [1.165, 1.54) is 0 Å². The zero-order chi connectivity index (χ0) is 9.26. The predicted octanol–water partition coefficient (Wildman–Crippen LogP) is 0.562. The summed E-state index contributed by atoms with van der Waals surface area (Å²) < 4.78 is 0. The highest BCUT2D eigenvalue weighted by Gasteiger charge is 2.36. The Labute approximate surface area is 80.7 Å². The van der Waals surface area contributed by atoms with Crippen LogP contribution in [-0.4, -0.2) is 17.3 Å². The summed E-state index contributed by atoms with van der Waals surface area (Å²) >= 11 is 1.59. The van der Waals surface area contributed by atoms with Crippen LogP contribution in [0.15, 0.2) is 35.2 Å². The maximum atomic E-state index is 10.8. The van der Waals surface area contributed by atoms with Crippen molar-refractivity contribution in [3.05, 3.63) is 30.3 Å². The average Bonchev–Trinajstić information content (AvgIpc) is 2.19. The van der Waals surface area contributed by atoms with Crippen LogP contribution in [0.5, 0.6) is 0 Å². The first kappa shape index (κ1) is 8.59. The number of hydrogen-bond donors (Lipinski definition) is 2. The number of thioether (sulfide) groups is 1. The molecule has 0 aromatic heterocycles. The van der Waals surface area contributed by atoms with Gasteiger partial charge in [-0.25, -0.2) is 0 Å². The van der Waals surface area contributed by atoms with E-state index in [1.54, 1.807) is 11.8 Å². The van der Waals surface area contributed by atoms with Crippen LogP contribution >= 0.6 is 11.8 Å². The summed E-state index contributed by atoms with van der Waals surface area (Å²) in [6.45, 7) is 0. The molecule has 0 saturated carbocycles. The first-order valence-corrected chi connectivity index (χ1v) is 4.93. The minimum absolute atomic E-state index is 0.0369. The summed E-state index contributed by atoms with van der Waals surface area (Å²) in [6.07, 6.45) is 0. The third-order valence-corrected chi connectivity index (χ3v) is 3.13. The summed E-state index contributed by atoms with van der Waals surface area (Å²) in [5.41, 5.74) is 5.58. The van der Waals surface area contributed by atoms with Crippen LogP contribution in [0.4, 0.5) is 0 Å². The largest absolute Gasteiger partial charge is 0.340 e. The van der Waals surface area contributed by atoms with Crippen molar-refractivity contribution < 1.29 is 4.79 Å². The fourth-order valence-corrected chi connectivity index (χ4v) is 2.17. The zero-order valence-electron chi connectivity index (χ0n) is 6.94. The molecule has 3 N–H and O–H groups in total. The lowest BCUT2D eigenvalue weighted by Gasteiger charge is -2.33. The molecule has 13 heavy (non-hydrogen) atoms. The fraction of sp³-hybridized carbons (Fsp3) is 0.222. The Morgan fingerprint density at radius 3 is 2.54 bits per heavy atom. The summed E-state index contributed by atoms with van der Waals surface area (Å²) in [4.78, 5) is 11.9. The van der Waals surface area contributed by atoms with E-state index < -0.39 is 0 Å². The van der Waals surface area contributed by atoms with Gasteiger partial charge in [0.2, 0.25) is 5.91 Å². The van der Waals surface area contributed by atoms with Gasteiger partial charge in [0.05, 0.1) is 0 Å². The molecule has 1 saturated heterocycles. The van der Waals surface area contributed by atoms with Crippen molar-refractivity contribution in [2.24, 2.45) is 5.73 Å². The van der Waals surface area contributed by atoms with E-state index in [0.29, 0.717) is 0 Å². The second-order valence-electron chi connectivity index (χ2n) is 2.89. The Kier molecular flexibility index (Phi) is 2.24. The minimum Gasteiger partial charge on any atom is -0.340 e. The molecule has 3 nitrogen and oxygen atoms in total. The second-order valence-corrected chi connectivity index (χ2v) is 4.10. The Balaban J connectivity index is 1.97. The lowest BCUT2D eigenvalue weighted by atomic mass is 10.2. The lowest BCUT2D eigenvalue weighted by molar-refractivity contribution is -0.128. The lowest BCUT2D eigenvalue weighted by Crippen LogP contribution is -2.64. The van der Waals surface area contributed by atoms with Crippen LogP contribution in [0.2, 0.25) is 0 Å². The first-order chi connectivity index (χ1) is 6.27. The van der Waals surface area contributed by atoms with Crippen LogP contribution < -0.4 is 11.1 Å². The van der Waals surface area contributed by atoms with Crippen molar-refractivity contribution in [1.29, 1.82) is 0 Å². The van der Waals surface area contributed by atoms with E-state index in [2.05, 4.69) is 5.32 Å². The van der Waals surface area contributed by atoms with E-state index in [4.69, 9.17) is 5.73 Å². The standard InChI is InChI=1S/C9H10N2OS/c10-7-8(12)11-9(7)13-6-4-2-1-3-5-6/h1-5,7,9H,10H2,(H,11,12)/t7-,9-/m1/s1. The monoisotopic (exact) mass is 194 g/mol. The van der Waals surface area contributed by atoms with Gasteiger partial charge in [-0.2, -0.15) is 0 Å². The molecule has 0 aliphatic carbocycles. The highest BCUT2D eigenvalue weighted by molar-refractivity contribution is 8.00. The Hall–Kier alpha value is -1.00. The molecular weight excluding hydrogens is 184 g/mol. The number of amides is 1. The second kappa shape index (κ2) is 3.40. The van der Waals surface area contributed by atoms with Gasteiger partial charge in [0.1, 0.15) is 11.4 Å². The predicted molar refractivity (Wildman–Crippen MR) is 52.2 cm³/mol. The number of rotatable bonds is 2. The summed E-state index contributed by atoms with van der Waals surface area (Å²) in [7, 11) is 0. The molecule has 68 valence electrons. The average molecular weight is 194 g/mol. The highest BCUT2D eigenvalue weighted by atomic mass is 32.2. The molecule has 2 rings (SSSR count). The van der Waals surface area contributed by atoms with Gasteiger partial charge in [-0.15, -0.1) is 0 Å². The van der Waals surface area contributed by atoms with E-state index in [-0.39, 0.29) is 17.3 Å². The van der Waals surface area contributed by atoms with Crippen LogP contribution in [0, 0.1) is 0 Å². The maximum absolute atomic E-state index is 10.8. The molecular formula is C9H10N2OS. The molecule has 2 atom stereocenters. The van der Waals surface area contributed by atoms with Crippen LogP contribution in [0.3, 0.4) is 0 Å². The third-order valence-electron chi connectivity index (χ3n) is 1.92. The van der Waals surface area contributed by atoms with Gasteiger partial charge in [0.15, 0.2) is 0 Å². The number of carbonyl (C=O) groups excluding carboxylic acids is 1. The smallest absolute Gasteiger partial charge is 0.240 e. The molecule has 1 aromatic rings. The molecule has 1 aliphatic rings. The van der Waals surface area contributed by atoms with Crippen LogP contribution in [-0.2, 0) is 4.79 Å². The number of hydrogen-bond acceptors (Lipinski definition) is 3. The van der Waals surface area contributed by atoms with Crippen molar-refractivity contribution >= 4 is 17.7 Å². The van der Waals surface area contributed by atoms with E-state index in [1.807, 2.05) is 30.3 Å². The van der Waals surface area contributed by atoms with Crippen LogP contribution in [0.1, 0.15) is 0 Å². The molecule has 0 spiro atoms. The molecule has 0 bridgehead atoms. The normalized spacial score (nSPS) is 26.4. The van der Waals surface area contributed by atoms with Gasteiger partial charge in [-0.05, 0) is 12.1 Å². The van der Waals surface area contributed by atoms with Crippen LogP contribution in [0.25, 0.3) is 0 Å². The molecule has 0 radical (unpaired) electrons. The van der Waals surface area contributed by atoms with Crippen molar-refractivity contribution in [2.45, 2.75) is 16.3 Å². The quantitative estimate of drug-likeness (QED) is 0.676. The molecule has 1 heterocycles. The van der Waals surface area contributed by atoms with Crippen molar-refractivity contribution in [3.8, 4) is 0 Å². The molecule has 1 aliphatic heterocycles. The Bertz CT molecular complexity index is 315. The van der Waals surface area contributed by atoms with Gasteiger partial charge in [0, 0.05) is 4.90 Å². The van der Waals surface area contributed by atoms with Gasteiger partial charge in [-0.1, -0.05) is 30.0 Å². The summed E-state index contributed by atoms with van der Waals surface area (Å²) in [5.74, 6) is -0.0616. The topological polar surface area (TPSA) is 55.1 Å². The van der Waals surface area contributed by atoms with Gasteiger partial charge in [-0.3, -0.25) is 4.79 Å². The molecule has 1 amide bonds. The summed E-state index contributed by atoms with van der Waals surface area (Å²) in [5, 5.41) is 2.78. The SMILES string of the molecule is N[C@@H]1C(=O)N[C@@H]1Sc1ccccc1. The van der Waals surface area contributed by atoms with E-state index in [0.717, 1.165) is 4.90 Å². The minimum atomic E-state index is -0.356. The molecule has 0 unspecified atom stereocenters. The van der Waals surface area contributed by atoms with Crippen molar-refractivity contribution in [3.63, 3.8) is 0 Å².